The van der Waals surface area contributed by atoms with Gasteiger partial charge in [-0.15, -0.1) is 11.8 Å². The van der Waals surface area contributed by atoms with Crippen molar-refractivity contribution in [2.45, 2.75) is 16.2 Å². The summed E-state index contributed by atoms with van der Waals surface area (Å²) in [5, 5.41) is 3.95. The van der Waals surface area contributed by atoms with Crippen LogP contribution in [0.3, 0.4) is 0 Å². The minimum Gasteiger partial charge on any atom is -0.337 e. The molecule has 0 atom stereocenters. The van der Waals surface area contributed by atoms with E-state index in [0.29, 0.717) is 31.6 Å². The van der Waals surface area contributed by atoms with Crippen molar-refractivity contribution in [1.29, 1.82) is 0 Å². The van der Waals surface area contributed by atoms with Crippen LogP contribution in [0.25, 0.3) is 0 Å². The van der Waals surface area contributed by atoms with Crippen molar-refractivity contribution in [3.05, 3.63) is 42.2 Å². The van der Waals surface area contributed by atoms with Gasteiger partial charge in [-0.2, -0.15) is 9.40 Å². The van der Waals surface area contributed by atoms with Gasteiger partial charge in [0.1, 0.15) is 4.90 Å². The number of nitrogens with zero attached hydrogens (tertiary/aromatic N) is 4. The molecule has 1 aliphatic heterocycles. The Morgan fingerprint density at radius 1 is 1.15 bits per heavy atom. The number of hydrogen-bond acceptors (Lipinski definition) is 5. The van der Waals surface area contributed by atoms with E-state index in [1.54, 1.807) is 11.9 Å². The summed E-state index contributed by atoms with van der Waals surface area (Å²) in [6, 6.07) is 7.51. The fourth-order valence-corrected chi connectivity index (χ4v) is 5.06. The lowest BCUT2D eigenvalue weighted by Crippen LogP contribution is -2.37. The van der Waals surface area contributed by atoms with Crippen molar-refractivity contribution >= 4 is 27.7 Å². The SMILES string of the molecule is CSc1ccccc1C(=O)N1CCCN(S(=O)(=O)c2cnn(C)c2)CC1. The van der Waals surface area contributed by atoms with Crippen molar-refractivity contribution in [2.24, 2.45) is 7.05 Å². The average Bonchev–Trinajstić information content (AvgIpc) is 2.93. The third kappa shape index (κ3) is 3.79. The number of aryl methyl sites for hydroxylation is 1. The molecule has 0 spiro atoms. The van der Waals surface area contributed by atoms with Crippen LogP contribution in [0.2, 0.25) is 0 Å². The quantitative estimate of drug-likeness (QED) is 0.738. The standard InChI is InChI=1S/C17H22N4O3S2/c1-19-13-14(12-18-19)26(23,24)21-9-5-8-20(10-11-21)17(22)15-6-3-4-7-16(15)25-2/h3-4,6-7,12-13H,5,8-11H2,1-2H3. The Morgan fingerprint density at radius 2 is 1.92 bits per heavy atom. The maximum Gasteiger partial charge on any atom is 0.255 e. The zero-order valence-electron chi connectivity index (χ0n) is 14.8. The third-order valence-corrected chi connectivity index (χ3v) is 7.05. The molecule has 0 radical (unpaired) electrons. The van der Waals surface area contributed by atoms with Gasteiger partial charge in [0.05, 0.1) is 11.8 Å². The van der Waals surface area contributed by atoms with Crippen molar-refractivity contribution in [3.63, 3.8) is 0 Å². The van der Waals surface area contributed by atoms with Crippen LogP contribution in [-0.4, -0.2) is 65.7 Å². The molecule has 7 nitrogen and oxygen atoms in total. The van der Waals surface area contributed by atoms with Crippen LogP contribution >= 0.6 is 11.8 Å². The maximum atomic E-state index is 12.9. The van der Waals surface area contributed by atoms with E-state index in [1.807, 2.05) is 30.5 Å². The normalized spacial score (nSPS) is 16.5. The fourth-order valence-electron chi connectivity index (χ4n) is 3.01. The second kappa shape index (κ2) is 7.81. The third-order valence-electron chi connectivity index (χ3n) is 4.40. The lowest BCUT2D eigenvalue weighted by molar-refractivity contribution is 0.0761. The fraction of sp³-hybridized carbons (Fsp3) is 0.412. The molecular formula is C17H22N4O3S2. The summed E-state index contributed by atoms with van der Waals surface area (Å²) in [5.41, 5.74) is 0.670. The van der Waals surface area contributed by atoms with Gasteiger partial charge in [0, 0.05) is 44.3 Å². The molecule has 0 bridgehead atoms. The summed E-state index contributed by atoms with van der Waals surface area (Å²) in [6.07, 6.45) is 5.40. The Labute approximate surface area is 158 Å². The summed E-state index contributed by atoms with van der Waals surface area (Å²) < 4.78 is 28.4. The molecule has 26 heavy (non-hydrogen) atoms. The maximum absolute atomic E-state index is 12.9. The van der Waals surface area contributed by atoms with E-state index in [4.69, 9.17) is 0 Å². The summed E-state index contributed by atoms with van der Waals surface area (Å²) in [4.78, 5) is 15.8. The number of aromatic nitrogens is 2. The Bertz CT molecular complexity index is 895. The van der Waals surface area contributed by atoms with Crippen LogP contribution in [0.1, 0.15) is 16.8 Å². The molecular weight excluding hydrogens is 372 g/mol. The number of hydrogen-bond donors (Lipinski definition) is 0. The van der Waals surface area contributed by atoms with Gasteiger partial charge in [0.15, 0.2) is 0 Å². The van der Waals surface area contributed by atoms with E-state index >= 15 is 0 Å². The van der Waals surface area contributed by atoms with E-state index in [2.05, 4.69) is 5.10 Å². The first-order valence-corrected chi connectivity index (χ1v) is 11.0. The molecule has 140 valence electrons. The second-order valence-electron chi connectivity index (χ2n) is 6.10. The zero-order valence-corrected chi connectivity index (χ0v) is 16.5. The van der Waals surface area contributed by atoms with E-state index < -0.39 is 10.0 Å². The first kappa shape index (κ1) is 18.9. The lowest BCUT2D eigenvalue weighted by atomic mass is 10.2. The van der Waals surface area contributed by atoms with Crippen LogP contribution in [0, 0.1) is 0 Å². The van der Waals surface area contributed by atoms with Gasteiger partial charge in [-0.1, -0.05) is 12.1 Å². The molecule has 1 aromatic carbocycles. The van der Waals surface area contributed by atoms with Crippen molar-refractivity contribution < 1.29 is 13.2 Å². The number of carbonyl (C=O) groups is 1. The summed E-state index contributed by atoms with van der Waals surface area (Å²) in [5.74, 6) is -0.0458. The number of sulfonamides is 1. The van der Waals surface area contributed by atoms with E-state index in [9.17, 15) is 13.2 Å². The molecule has 0 N–H and O–H groups in total. The van der Waals surface area contributed by atoms with Gasteiger partial charge in [-0.3, -0.25) is 9.48 Å². The Kier molecular flexibility index (Phi) is 5.69. The van der Waals surface area contributed by atoms with Gasteiger partial charge in [-0.25, -0.2) is 8.42 Å². The van der Waals surface area contributed by atoms with Crippen molar-refractivity contribution in [1.82, 2.24) is 19.0 Å². The summed E-state index contributed by atoms with van der Waals surface area (Å²) in [6.45, 7) is 1.59. The highest BCUT2D eigenvalue weighted by atomic mass is 32.2. The number of benzene rings is 1. The van der Waals surface area contributed by atoms with Gasteiger partial charge < -0.3 is 4.90 Å². The van der Waals surface area contributed by atoms with Crippen LogP contribution in [-0.2, 0) is 17.1 Å². The Morgan fingerprint density at radius 3 is 2.62 bits per heavy atom. The molecule has 2 aromatic rings. The highest BCUT2D eigenvalue weighted by molar-refractivity contribution is 7.98. The molecule has 0 unspecified atom stereocenters. The first-order valence-electron chi connectivity index (χ1n) is 8.34. The van der Waals surface area contributed by atoms with Gasteiger partial charge in [-0.05, 0) is 24.8 Å². The minimum absolute atomic E-state index is 0.0458. The van der Waals surface area contributed by atoms with Gasteiger partial charge in [0.25, 0.3) is 5.91 Å². The largest absolute Gasteiger partial charge is 0.337 e. The molecule has 0 saturated carbocycles. The molecule has 1 amide bonds. The Hall–Kier alpha value is -1.84. The molecule has 0 aliphatic carbocycles. The predicted molar refractivity (Wildman–Crippen MR) is 101 cm³/mol. The van der Waals surface area contributed by atoms with Crippen LogP contribution < -0.4 is 0 Å². The smallest absolute Gasteiger partial charge is 0.255 e. The van der Waals surface area contributed by atoms with E-state index in [1.165, 1.54) is 33.1 Å². The first-order chi connectivity index (χ1) is 12.4. The monoisotopic (exact) mass is 394 g/mol. The highest BCUT2D eigenvalue weighted by Crippen LogP contribution is 2.23. The van der Waals surface area contributed by atoms with Crippen LogP contribution in [0.15, 0.2) is 46.5 Å². The topological polar surface area (TPSA) is 75.5 Å². The summed E-state index contributed by atoms with van der Waals surface area (Å²) in [7, 11) is -1.90. The average molecular weight is 395 g/mol. The second-order valence-corrected chi connectivity index (χ2v) is 8.89. The van der Waals surface area contributed by atoms with Crippen molar-refractivity contribution in [2.75, 3.05) is 32.4 Å². The number of amides is 1. The van der Waals surface area contributed by atoms with Gasteiger partial charge >= 0.3 is 0 Å². The lowest BCUT2D eigenvalue weighted by Gasteiger charge is -2.22. The minimum atomic E-state index is -3.58. The number of thioether (sulfide) groups is 1. The molecule has 1 aliphatic rings. The molecule has 1 saturated heterocycles. The number of rotatable bonds is 4. The van der Waals surface area contributed by atoms with Gasteiger partial charge in [0.2, 0.25) is 10.0 Å². The Balaban J connectivity index is 1.75. The van der Waals surface area contributed by atoms with Crippen LogP contribution in [0.4, 0.5) is 0 Å². The zero-order chi connectivity index (χ0) is 18.7. The summed E-state index contributed by atoms with van der Waals surface area (Å²) >= 11 is 1.53. The van der Waals surface area contributed by atoms with E-state index in [-0.39, 0.29) is 17.3 Å². The molecule has 2 heterocycles. The van der Waals surface area contributed by atoms with Crippen molar-refractivity contribution in [3.8, 4) is 0 Å². The van der Waals surface area contributed by atoms with E-state index in [0.717, 1.165) is 4.90 Å². The molecule has 1 fully saturated rings. The predicted octanol–water partition coefficient (Wildman–Crippen LogP) is 1.68. The number of carbonyl (C=O) groups excluding carboxylic acids is 1. The van der Waals surface area contributed by atoms with Crippen LogP contribution in [0.5, 0.6) is 0 Å². The molecule has 1 aromatic heterocycles. The molecule has 3 rings (SSSR count). The highest BCUT2D eigenvalue weighted by Gasteiger charge is 2.29. The molecule has 9 heteroatoms.